The number of nitrogens with zero attached hydrogens (tertiary/aromatic N) is 1. The van der Waals surface area contributed by atoms with Crippen LogP contribution in [0.3, 0.4) is 0 Å². The van der Waals surface area contributed by atoms with Crippen LogP contribution in [0.2, 0.25) is 0 Å². The van der Waals surface area contributed by atoms with Crippen molar-refractivity contribution in [2.75, 3.05) is 13.7 Å². The summed E-state index contributed by atoms with van der Waals surface area (Å²) in [6, 6.07) is 11.7. The molecule has 9 heteroatoms. The highest BCUT2D eigenvalue weighted by Gasteiger charge is 2.45. The summed E-state index contributed by atoms with van der Waals surface area (Å²) in [7, 11) is -2.91. The van der Waals surface area contributed by atoms with E-state index in [9.17, 15) is 23.1 Å². The fourth-order valence-corrected chi connectivity index (χ4v) is 5.17. The molecule has 1 heterocycles. The van der Waals surface area contributed by atoms with Gasteiger partial charge in [0.2, 0.25) is 16.1 Å². The summed E-state index contributed by atoms with van der Waals surface area (Å²) in [4.78, 5) is 25.2. The predicted molar refractivity (Wildman–Crippen MR) is 112 cm³/mol. The molecule has 31 heavy (non-hydrogen) atoms. The normalized spacial score (nSPS) is 20.3. The molecule has 0 spiro atoms. The zero-order valence-corrected chi connectivity index (χ0v) is 18.3. The van der Waals surface area contributed by atoms with E-state index in [0.29, 0.717) is 5.56 Å². The Morgan fingerprint density at radius 3 is 2.39 bits per heavy atom. The first-order valence-electron chi connectivity index (χ1n) is 9.75. The average Bonchev–Trinajstić information content (AvgIpc) is 3.16. The summed E-state index contributed by atoms with van der Waals surface area (Å²) in [6.45, 7) is 3.41. The molecule has 2 aromatic carbocycles. The Hall–Kier alpha value is -2.75. The number of aliphatic hydroxyl groups excluding tert-OH is 1. The summed E-state index contributed by atoms with van der Waals surface area (Å²) in [5, 5.41) is 10.1. The number of aliphatic hydroxyl groups is 1. The number of benzene rings is 2. The third-order valence-corrected chi connectivity index (χ3v) is 7.21. The van der Waals surface area contributed by atoms with E-state index in [1.54, 1.807) is 43.3 Å². The molecule has 3 unspecified atom stereocenters. The summed E-state index contributed by atoms with van der Waals surface area (Å²) in [5.74, 6) is -1.72. The van der Waals surface area contributed by atoms with Gasteiger partial charge in [0.05, 0.1) is 18.1 Å². The molecule has 1 fully saturated rings. The number of esters is 2. The van der Waals surface area contributed by atoms with Gasteiger partial charge in [0, 0.05) is 18.5 Å². The molecule has 0 amide bonds. The maximum atomic E-state index is 13.2. The number of ether oxygens (including phenoxy) is 2. The van der Waals surface area contributed by atoms with Crippen LogP contribution in [0.15, 0.2) is 53.4 Å². The van der Waals surface area contributed by atoms with E-state index >= 15 is 0 Å². The number of carbonyl (C=O) groups is 2. The summed E-state index contributed by atoms with van der Waals surface area (Å²) in [5.41, 5.74) is 2.11. The molecule has 2 aromatic rings. The third kappa shape index (κ3) is 4.79. The second-order valence-electron chi connectivity index (χ2n) is 7.48. The van der Waals surface area contributed by atoms with E-state index in [4.69, 9.17) is 9.47 Å². The van der Waals surface area contributed by atoms with Crippen molar-refractivity contribution < 1.29 is 32.6 Å². The van der Waals surface area contributed by atoms with Crippen molar-refractivity contribution in [3.63, 3.8) is 0 Å². The third-order valence-electron chi connectivity index (χ3n) is 5.34. The lowest BCUT2D eigenvalue weighted by atomic mass is 10.1. The highest BCUT2D eigenvalue weighted by Crippen LogP contribution is 2.30. The molecule has 0 bridgehead atoms. The van der Waals surface area contributed by atoms with Crippen LogP contribution in [-0.4, -0.2) is 55.6 Å². The largest absolute Gasteiger partial charge is 0.466 e. The molecular weight excluding hydrogens is 422 g/mol. The monoisotopic (exact) mass is 447 g/mol. The van der Waals surface area contributed by atoms with Gasteiger partial charge in [-0.25, -0.2) is 13.2 Å². The van der Waals surface area contributed by atoms with Crippen LogP contribution in [-0.2, 0) is 29.1 Å². The van der Waals surface area contributed by atoms with Gasteiger partial charge in [0.1, 0.15) is 6.04 Å². The van der Waals surface area contributed by atoms with Crippen molar-refractivity contribution >= 4 is 22.0 Å². The number of carbonyl (C=O) groups excluding carboxylic acids is 2. The molecule has 166 valence electrons. The van der Waals surface area contributed by atoms with Crippen LogP contribution < -0.4 is 0 Å². The summed E-state index contributed by atoms with van der Waals surface area (Å²) >= 11 is 0. The molecule has 0 saturated carbocycles. The zero-order chi connectivity index (χ0) is 22.8. The molecule has 0 aromatic heterocycles. The standard InChI is InChI=1S/C22H25NO7S/c1-14-9-10-18(11-15(14)2)31(27,28)23-13-17(24)12-19(23)21(25)30-20(22(26)29-3)16-7-5-4-6-8-16/h4-11,17,19-20,24H,12-13H2,1-3H3. The smallest absolute Gasteiger partial charge is 0.351 e. The van der Waals surface area contributed by atoms with E-state index in [2.05, 4.69) is 0 Å². The van der Waals surface area contributed by atoms with Crippen molar-refractivity contribution in [2.45, 2.75) is 43.4 Å². The lowest BCUT2D eigenvalue weighted by molar-refractivity contribution is -0.168. The molecule has 1 aliphatic heterocycles. The quantitative estimate of drug-likeness (QED) is 0.673. The zero-order valence-electron chi connectivity index (χ0n) is 17.5. The number of hydrogen-bond acceptors (Lipinski definition) is 7. The van der Waals surface area contributed by atoms with E-state index in [1.807, 2.05) is 6.92 Å². The number of aryl methyl sites for hydroxylation is 2. The SMILES string of the molecule is COC(=O)C(OC(=O)C1CC(O)CN1S(=O)(=O)c1ccc(C)c(C)c1)c1ccccc1. The Labute approximate surface area is 181 Å². The maximum Gasteiger partial charge on any atom is 0.351 e. The van der Waals surface area contributed by atoms with Gasteiger partial charge < -0.3 is 14.6 Å². The highest BCUT2D eigenvalue weighted by atomic mass is 32.2. The Morgan fingerprint density at radius 2 is 1.77 bits per heavy atom. The van der Waals surface area contributed by atoms with Crippen molar-refractivity contribution in [3.05, 3.63) is 65.2 Å². The second kappa shape index (κ2) is 9.17. The van der Waals surface area contributed by atoms with Crippen LogP contribution in [0.5, 0.6) is 0 Å². The minimum atomic E-state index is -4.07. The van der Waals surface area contributed by atoms with Crippen molar-refractivity contribution in [1.82, 2.24) is 4.31 Å². The minimum Gasteiger partial charge on any atom is -0.466 e. The van der Waals surface area contributed by atoms with E-state index < -0.39 is 40.2 Å². The Morgan fingerprint density at radius 1 is 1.10 bits per heavy atom. The van der Waals surface area contributed by atoms with Gasteiger partial charge in [-0.2, -0.15) is 4.31 Å². The molecule has 8 nitrogen and oxygen atoms in total. The van der Waals surface area contributed by atoms with Gasteiger partial charge in [-0.15, -0.1) is 0 Å². The maximum absolute atomic E-state index is 13.2. The number of sulfonamides is 1. The van der Waals surface area contributed by atoms with Crippen LogP contribution in [0, 0.1) is 13.8 Å². The lowest BCUT2D eigenvalue weighted by Crippen LogP contribution is -2.42. The molecule has 0 radical (unpaired) electrons. The molecule has 3 rings (SSSR count). The van der Waals surface area contributed by atoms with E-state index in [1.165, 1.54) is 19.2 Å². The fraction of sp³-hybridized carbons (Fsp3) is 0.364. The van der Waals surface area contributed by atoms with Crippen molar-refractivity contribution in [1.29, 1.82) is 0 Å². The van der Waals surface area contributed by atoms with Gasteiger partial charge in [-0.1, -0.05) is 36.4 Å². The Bertz CT molecular complexity index is 1070. The van der Waals surface area contributed by atoms with E-state index in [-0.39, 0.29) is 17.9 Å². The van der Waals surface area contributed by atoms with E-state index in [0.717, 1.165) is 15.4 Å². The van der Waals surface area contributed by atoms with Crippen molar-refractivity contribution in [2.24, 2.45) is 0 Å². The van der Waals surface area contributed by atoms with Gasteiger partial charge in [-0.3, -0.25) is 4.79 Å². The molecule has 1 N–H and O–H groups in total. The molecular formula is C22H25NO7S. The van der Waals surface area contributed by atoms with Crippen LogP contribution >= 0.6 is 0 Å². The number of methoxy groups -OCH3 is 1. The van der Waals surface area contributed by atoms with Crippen LogP contribution in [0.1, 0.15) is 29.2 Å². The summed E-state index contributed by atoms with van der Waals surface area (Å²) < 4.78 is 37.5. The Balaban J connectivity index is 1.89. The van der Waals surface area contributed by atoms with Gasteiger partial charge >= 0.3 is 11.9 Å². The van der Waals surface area contributed by atoms with Crippen molar-refractivity contribution in [3.8, 4) is 0 Å². The highest BCUT2D eigenvalue weighted by molar-refractivity contribution is 7.89. The van der Waals surface area contributed by atoms with Gasteiger partial charge in [-0.05, 0) is 37.1 Å². The average molecular weight is 448 g/mol. The first kappa shape index (κ1) is 22.9. The first-order valence-corrected chi connectivity index (χ1v) is 11.2. The predicted octanol–water partition coefficient (Wildman–Crippen LogP) is 1.88. The molecule has 3 atom stereocenters. The van der Waals surface area contributed by atoms with Crippen LogP contribution in [0.4, 0.5) is 0 Å². The topological polar surface area (TPSA) is 110 Å². The van der Waals surface area contributed by atoms with Gasteiger partial charge in [0.25, 0.3) is 0 Å². The molecule has 0 aliphatic carbocycles. The second-order valence-corrected chi connectivity index (χ2v) is 9.37. The van der Waals surface area contributed by atoms with Gasteiger partial charge in [0.15, 0.2) is 0 Å². The fourth-order valence-electron chi connectivity index (χ4n) is 3.46. The minimum absolute atomic E-state index is 0.0232. The summed E-state index contributed by atoms with van der Waals surface area (Å²) in [6.07, 6.45) is -2.51. The number of hydrogen-bond donors (Lipinski definition) is 1. The number of rotatable bonds is 6. The molecule has 1 aliphatic rings. The van der Waals surface area contributed by atoms with Crippen LogP contribution in [0.25, 0.3) is 0 Å². The molecule has 1 saturated heterocycles. The Kier molecular flexibility index (Phi) is 6.78. The first-order chi connectivity index (χ1) is 14.6. The number of β-amino-alcohol motifs (C(OH)–C–C–N with tert-alkyl or cyclic N) is 1. The lowest BCUT2D eigenvalue weighted by Gasteiger charge is -2.24.